The Kier molecular flexibility index (Phi) is 4.21. The third kappa shape index (κ3) is 3.19. The van der Waals surface area contributed by atoms with Gasteiger partial charge in [0.1, 0.15) is 0 Å². The van der Waals surface area contributed by atoms with Gasteiger partial charge in [0, 0.05) is 23.5 Å². The van der Waals surface area contributed by atoms with Crippen LogP contribution in [0.1, 0.15) is 25.6 Å². The Hall–Kier alpha value is -0.840. The lowest BCUT2D eigenvalue weighted by Gasteiger charge is -2.39. The zero-order valence-corrected chi connectivity index (χ0v) is 12.5. The summed E-state index contributed by atoms with van der Waals surface area (Å²) in [4.78, 5) is 15.9. The minimum Gasteiger partial charge on any atom is -0.379 e. The van der Waals surface area contributed by atoms with Crippen LogP contribution in [0.15, 0.2) is 29.1 Å². The SMILES string of the molecule is [2H]c1cc(SC)ccc1C(=O)C(C)(C)N1CCOCC1. The van der Waals surface area contributed by atoms with Crippen LogP contribution in [-0.4, -0.2) is 48.8 Å². The minimum absolute atomic E-state index is 0.0112. The molecule has 0 atom stereocenters. The van der Waals surface area contributed by atoms with Crippen molar-refractivity contribution >= 4 is 17.5 Å². The minimum atomic E-state index is -0.597. The molecule has 4 heteroatoms. The summed E-state index contributed by atoms with van der Waals surface area (Å²) in [5.74, 6) is 0.0112. The highest BCUT2D eigenvalue weighted by molar-refractivity contribution is 7.98. The van der Waals surface area contributed by atoms with Gasteiger partial charge in [0.2, 0.25) is 0 Å². The van der Waals surface area contributed by atoms with Gasteiger partial charge in [-0.1, -0.05) is 12.1 Å². The Morgan fingerprint density at radius 2 is 2.05 bits per heavy atom. The van der Waals surface area contributed by atoms with Crippen LogP contribution in [0.25, 0.3) is 0 Å². The lowest BCUT2D eigenvalue weighted by atomic mass is 9.91. The summed E-state index contributed by atoms with van der Waals surface area (Å²) in [6, 6.07) is 5.75. The number of hydrogen-bond donors (Lipinski definition) is 0. The molecule has 0 aliphatic carbocycles. The topological polar surface area (TPSA) is 29.5 Å². The van der Waals surface area contributed by atoms with Crippen molar-refractivity contribution < 1.29 is 10.9 Å². The molecule has 104 valence electrons. The van der Waals surface area contributed by atoms with Gasteiger partial charge in [-0.2, -0.15) is 0 Å². The van der Waals surface area contributed by atoms with Gasteiger partial charge in [-0.05, 0) is 32.2 Å². The summed E-state index contributed by atoms with van der Waals surface area (Å²) < 4.78 is 13.4. The second-order valence-corrected chi connectivity index (χ2v) is 6.01. The average Bonchev–Trinajstić information content (AvgIpc) is 2.47. The van der Waals surface area contributed by atoms with Crippen LogP contribution in [0.3, 0.4) is 0 Å². The third-order valence-electron chi connectivity index (χ3n) is 3.62. The maximum atomic E-state index is 12.8. The lowest BCUT2D eigenvalue weighted by Crippen LogP contribution is -2.54. The molecule has 0 saturated carbocycles. The highest BCUT2D eigenvalue weighted by atomic mass is 32.2. The molecule has 0 unspecified atom stereocenters. The van der Waals surface area contributed by atoms with Crippen molar-refractivity contribution in [2.24, 2.45) is 0 Å². The van der Waals surface area contributed by atoms with Gasteiger partial charge in [-0.3, -0.25) is 9.69 Å². The fourth-order valence-corrected chi connectivity index (χ4v) is 2.66. The predicted octanol–water partition coefficient (Wildman–Crippen LogP) is 2.70. The first-order chi connectivity index (χ1) is 9.46. The molecular formula is C15H21NO2S. The number of ether oxygens (including phenoxy) is 1. The van der Waals surface area contributed by atoms with Crippen molar-refractivity contribution in [3.05, 3.63) is 29.8 Å². The van der Waals surface area contributed by atoms with Crippen LogP contribution in [-0.2, 0) is 4.74 Å². The van der Waals surface area contributed by atoms with E-state index in [0.29, 0.717) is 24.8 Å². The second-order valence-electron chi connectivity index (χ2n) is 5.13. The highest BCUT2D eigenvalue weighted by Crippen LogP contribution is 2.23. The fraction of sp³-hybridized carbons (Fsp3) is 0.533. The average molecular weight is 280 g/mol. The molecule has 3 nitrogen and oxygen atoms in total. The Morgan fingerprint density at radius 1 is 1.37 bits per heavy atom. The summed E-state index contributed by atoms with van der Waals surface area (Å²) in [5.41, 5.74) is -0.0974. The van der Waals surface area contributed by atoms with E-state index in [0.717, 1.165) is 18.0 Å². The first-order valence-corrected chi connectivity index (χ1v) is 7.71. The van der Waals surface area contributed by atoms with Crippen molar-refractivity contribution in [1.29, 1.82) is 0 Å². The number of ketones is 1. The van der Waals surface area contributed by atoms with Crippen LogP contribution in [0.2, 0.25) is 0 Å². The van der Waals surface area contributed by atoms with Crippen LogP contribution in [0.4, 0.5) is 0 Å². The van der Waals surface area contributed by atoms with E-state index in [-0.39, 0.29) is 5.78 Å². The van der Waals surface area contributed by atoms with Gasteiger partial charge in [0.15, 0.2) is 5.78 Å². The number of morpholine rings is 1. The van der Waals surface area contributed by atoms with Gasteiger partial charge in [0.25, 0.3) is 0 Å². The first kappa shape index (κ1) is 13.2. The van der Waals surface area contributed by atoms with E-state index in [9.17, 15) is 4.79 Å². The number of carbonyl (C=O) groups is 1. The normalized spacial score (nSPS) is 18.2. The van der Waals surface area contributed by atoms with E-state index < -0.39 is 5.54 Å². The number of carbonyl (C=O) groups excluding carboxylic acids is 1. The number of hydrogen-bond acceptors (Lipinski definition) is 4. The molecule has 0 spiro atoms. The molecule has 1 aromatic rings. The molecule has 0 amide bonds. The molecule has 1 aromatic carbocycles. The smallest absolute Gasteiger partial charge is 0.182 e. The largest absolute Gasteiger partial charge is 0.379 e. The highest BCUT2D eigenvalue weighted by Gasteiger charge is 2.35. The number of rotatable bonds is 4. The van der Waals surface area contributed by atoms with Gasteiger partial charge < -0.3 is 4.74 Å². The van der Waals surface area contributed by atoms with E-state index >= 15 is 0 Å². The summed E-state index contributed by atoms with van der Waals surface area (Å²) in [6.45, 7) is 6.71. The number of benzene rings is 1. The van der Waals surface area contributed by atoms with Crippen molar-refractivity contribution in [1.82, 2.24) is 4.90 Å². The zero-order valence-electron chi connectivity index (χ0n) is 12.7. The molecule has 0 radical (unpaired) electrons. The number of Topliss-reactive ketones (excluding diaryl/α,β-unsaturated/α-hetero) is 1. The van der Waals surface area contributed by atoms with Gasteiger partial charge in [-0.15, -0.1) is 11.8 Å². The molecule has 19 heavy (non-hydrogen) atoms. The summed E-state index contributed by atoms with van der Waals surface area (Å²) in [7, 11) is 0. The van der Waals surface area contributed by atoms with Gasteiger partial charge >= 0.3 is 0 Å². The van der Waals surface area contributed by atoms with Crippen molar-refractivity contribution in [2.75, 3.05) is 32.6 Å². The van der Waals surface area contributed by atoms with Gasteiger partial charge in [0.05, 0.1) is 20.1 Å². The predicted molar refractivity (Wildman–Crippen MR) is 79.0 cm³/mol. The number of nitrogens with zero attached hydrogens (tertiary/aromatic N) is 1. The molecule has 1 aliphatic rings. The van der Waals surface area contributed by atoms with Crippen LogP contribution in [0, 0.1) is 0 Å². The third-order valence-corrected chi connectivity index (χ3v) is 4.35. The molecule has 1 aliphatic heterocycles. The molecule has 1 saturated heterocycles. The van der Waals surface area contributed by atoms with Crippen LogP contribution < -0.4 is 0 Å². The van der Waals surface area contributed by atoms with E-state index in [1.807, 2.05) is 26.2 Å². The molecule has 0 aromatic heterocycles. The quantitative estimate of drug-likeness (QED) is 0.626. The van der Waals surface area contributed by atoms with E-state index in [2.05, 4.69) is 4.90 Å². The van der Waals surface area contributed by atoms with Crippen LogP contribution in [0.5, 0.6) is 0 Å². The summed E-state index contributed by atoms with van der Waals surface area (Å²) in [5, 5.41) is 0. The summed E-state index contributed by atoms with van der Waals surface area (Å²) >= 11 is 1.58. The fourth-order valence-electron chi connectivity index (χ4n) is 2.27. The van der Waals surface area contributed by atoms with E-state index in [1.54, 1.807) is 23.9 Å². The summed E-state index contributed by atoms with van der Waals surface area (Å²) in [6.07, 6.45) is 1.97. The maximum Gasteiger partial charge on any atom is 0.182 e. The molecule has 0 N–H and O–H groups in total. The molecular weight excluding hydrogens is 258 g/mol. The second kappa shape index (κ2) is 6.07. The monoisotopic (exact) mass is 280 g/mol. The Balaban J connectivity index is 2.25. The zero-order chi connectivity index (χ0) is 14.8. The van der Waals surface area contributed by atoms with Crippen molar-refractivity contribution in [3.8, 4) is 0 Å². The van der Waals surface area contributed by atoms with Gasteiger partial charge in [-0.25, -0.2) is 0 Å². The van der Waals surface area contributed by atoms with E-state index in [1.165, 1.54) is 0 Å². The number of thioether (sulfide) groups is 1. The standard InChI is InChI=1S/C15H21NO2S/c1-15(2,16-8-10-18-11-9-16)14(17)12-4-6-13(19-3)7-5-12/h4-7H,8-11H2,1-3H3/i4D. The Morgan fingerprint density at radius 3 is 2.63 bits per heavy atom. The molecule has 1 heterocycles. The Bertz CT molecular complexity index is 499. The van der Waals surface area contributed by atoms with E-state index in [4.69, 9.17) is 6.11 Å². The van der Waals surface area contributed by atoms with Crippen LogP contribution >= 0.6 is 11.8 Å². The lowest BCUT2D eigenvalue weighted by molar-refractivity contribution is -0.00430. The Labute approximate surface area is 120 Å². The first-order valence-electron chi connectivity index (χ1n) is 6.99. The maximum absolute atomic E-state index is 12.8. The molecule has 1 fully saturated rings. The molecule has 0 bridgehead atoms. The molecule has 2 rings (SSSR count). The van der Waals surface area contributed by atoms with Crippen molar-refractivity contribution in [2.45, 2.75) is 24.3 Å². The van der Waals surface area contributed by atoms with Crippen molar-refractivity contribution in [3.63, 3.8) is 0 Å².